The summed E-state index contributed by atoms with van der Waals surface area (Å²) in [7, 11) is 0. The van der Waals surface area contributed by atoms with Crippen molar-refractivity contribution in [3.05, 3.63) is 72.5 Å². The number of aliphatic hydroxyl groups excluding tert-OH is 2. The Morgan fingerprint density at radius 1 is 0.865 bits per heavy atom. The summed E-state index contributed by atoms with van der Waals surface area (Å²) in [5.41, 5.74) is 2.33. The van der Waals surface area contributed by atoms with Crippen molar-refractivity contribution >= 4 is 12.1 Å². The van der Waals surface area contributed by atoms with Gasteiger partial charge in [0, 0.05) is 5.04 Å². The minimum atomic E-state index is -1.14. The molecule has 0 bridgehead atoms. The second kappa shape index (κ2) is 16.0. The van der Waals surface area contributed by atoms with E-state index in [4.69, 9.17) is 19.8 Å². The number of hydrogen-bond donors (Lipinski definition) is 2. The fraction of sp³-hybridized carbons (Fsp3) is 0.333. The van der Waals surface area contributed by atoms with Crippen molar-refractivity contribution in [2.45, 2.75) is 45.4 Å². The molecular weight excluding hydrogens is 484 g/mol. The molecule has 0 fully saturated rings. The molecule has 0 spiro atoms. The molecule has 0 aliphatic carbocycles. The second-order valence-corrected chi connectivity index (χ2v) is 8.01. The molecule has 37 heavy (non-hydrogen) atoms. The zero-order valence-corrected chi connectivity index (χ0v) is 20.8. The highest BCUT2D eigenvalue weighted by atomic mass is 17.5. The van der Waals surface area contributed by atoms with Crippen LogP contribution in [0.3, 0.4) is 0 Å². The Balaban J connectivity index is 2.19. The molecule has 2 aromatic carbocycles. The van der Waals surface area contributed by atoms with Gasteiger partial charge in [-0.1, -0.05) is 64.0 Å². The number of aryl methyl sites for hydroxylation is 1. The van der Waals surface area contributed by atoms with Crippen LogP contribution in [0.1, 0.15) is 44.6 Å². The van der Waals surface area contributed by atoms with Crippen molar-refractivity contribution in [3.63, 3.8) is 0 Å². The molecule has 10 nitrogen and oxygen atoms in total. The molecule has 0 atom stereocenters. The second-order valence-electron chi connectivity index (χ2n) is 8.01. The molecule has 200 valence electrons. The number of unbranched alkanes of at least 4 members (excludes halogenated alkanes) is 4. The van der Waals surface area contributed by atoms with Gasteiger partial charge >= 0.3 is 12.1 Å². The van der Waals surface area contributed by atoms with Crippen molar-refractivity contribution < 1.29 is 49.1 Å². The topological polar surface area (TPSA) is 130 Å². The molecule has 2 N–H and O–H groups in total. The van der Waals surface area contributed by atoms with Gasteiger partial charge in [-0.2, -0.15) is 4.79 Å². The molecule has 0 aliphatic heterocycles. The van der Waals surface area contributed by atoms with E-state index < -0.39 is 25.3 Å². The summed E-state index contributed by atoms with van der Waals surface area (Å²) >= 11 is 0. The highest BCUT2D eigenvalue weighted by Gasteiger charge is 2.14. The van der Waals surface area contributed by atoms with Crippen molar-refractivity contribution in [3.8, 4) is 22.6 Å². The van der Waals surface area contributed by atoms with Crippen LogP contribution in [0.25, 0.3) is 11.1 Å². The summed E-state index contributed by atoms with van der Waals surface area (Å²) < 4.78 is 5.14. The van der Waals surface area contributed by atoms with Crippen molar-refractivity contribution in [1.29, 1.82) is 0 Å². The van der Waals surface area contributed by atoms with Crippen LogP contribution >= 0.6 is 0 Å². The molecule has 0 saturated heterocycles. The largest absolute Gasteiger partial charge is 0.555 e. The van der Waals surface area contributed by atoms with Gasteiger partial charge in [-0.3, -0.25) is 14.7 Å². The van der Waals surface area contributed by atoms with E-state index in [1.807, 2.05) is 12.1 Å². The van der Waals surface area contributed by atoms with Gasteiger partial charge in [-0.05, 0) is 53.8 Å². The van der Waals surface area contributed by atoms with E-state index in [0.29, 0.717) is 5.56 Å². The number of aliphatic hydroxyl groups is 2. The van der Waals surface area contributed by atoms with Crippen LogP contribution in [0.2, 0.25) is 0 Å². The SMILES string of the molecule is C=C(CO)OOC(=O)Oc1cccc(-c2cc(OOOC(=O)C(=C)CO)ccc2CCCCCCC)c1. The third-order valence-corrected chi connectivity index (χ3v) is 5.10. The molecule has 0 heterocycles. The third kappa shape index (κ3) is 10.3. The van der Waals surface area contributed by atoms with E-state index in [1.165, 1.54) is 6.42 Å². The standard InChI is InChI=1S/C27H32O10/c1-4-5-6-7-8-10-21-13-14-24(34-37-35-26(30)19(2)17-28)16-25(21)22-11-9-12-23(15-22)32-27(31)36-33-20(3)18-29/h9,11-16,28-29H,2-8,10,17-18H2,1H3. The molecule has 2 rings (SSSR count). The Kier molecular flexibility index (Phi) is 12.7. The summed E-state index contributed by atoms with van der Waals surface area (Å²) in [6.45, 7) is 7.75. The van der Waals surface area contributed by atoms with Gasteiger partial charge in [-0.15, -0.1) is 0 Å². The average Bonchev–Trinajstić information content (AvgIpc) is 2.91. The van der Waals surface area contributed by atoms with Gasteiger partial charge < -0.3 is 14.9 Å². The van der Waals surface area contributed by atoms with Crippen LogP contribution in [0.5, 0.6) is 11.5 Å². The molecule has 0 aliphatic rings. The fourth-order valence-corrected chi connectivity index (χ4v) is 3.18. The van der Waals surface area contributed by atoms with E-state index in [2.05, 4.69) is 39.8 Å². The minimum absolute atomic E-state index is 0.153. The lowest BCUT2D eigenvalue weighted by molar-refractivity contribution is -0.435. The monoisotopic (exact) mass is 516 g/mol. The lowest BCUT2D eigenvalue weighted by atomic mass is 9.95. The molecule has 10 heteroatoms. The molecule has 0 unspecified atom stereocenters. The van der Waals surface area contributed by atoms with Gasteiger partial charge in [0.15, 0.2) is 11.5 Å². The van der Waals surface area contributed by atoms with Crippen molar-refractivity contribution in [1.82, 2.24) is 0 Å². The number of carbonyl (C=O) groups is 2. The van der Waals surface area contributed by atoms with Crippen LogP contribution in [0.4, 0.5) is 4.79 Å². The lowest BCUT2D eigenvalue weighted by Crippen LogP contribution is -2.12. The van der Waals surface area contributed by atoms with Crippen molar-refractivity contribution in [2.24, 2.45) is 0 Å². The quantitative estimate of drug-likeness (QED) is 0.0588. The molecule has 0 aromatic heterocycles. The first-order valence-corrected chi connectivity index (χ1v) is 11.8. The normalized spacial score (nSPS) is 10.4. The predicted octanol–water partition coefficient (Wildman–Crippen LogP) is 5.14. The van der Waals surface area contributed by atoms with Crippen molar-refractivity contribution in [2.75, 3.05) is 13.2 Å². The number of rotatable bonds is 16. The molecule has 0 saturated carbocycles. The lowest BCUT2D eigenvalue weighted by Gasteiger charge is -2.13. The maximum Gasteiger partial charge on any atom is 0.555 e. The fourth-order valence-electron chi connectivity index (χ4n) is 3.18. The summed E-state index contributed by atoms with van der Waals surface area (Å²) in [4.78, 5) is 42.0. The molecular formula is C27H32O10. The van der Waals surface area contributed by atoms with E-state index in [9.17, 15) is 9.59 Å². The van der Waals surface area contributed by atoms with Gasteiger partial charge in [0.05, 0.1) is 12.2 Å². The number of hydrogen-bond acceptors (Lipinski definition) is 10. The van der Waals surface area contributed by atoms with Gasteiger partial charge in [0.25, 0.3) is 0 Å². The predicted molar refractivity (Wildman–Crippen MR) is 133 cm³/mol. The van der Waals surface area contributed by atoms with Crippen LogP contribution in [-0.4, -0.2) is 35.6 Å². The molecule has 0 radical (unpaired) electrons. The summed E-state index contributed by atoms with van der Waals surface area (Å²) in [5.74, 6) is -0.684. The van der Waals surface area contributed by atoms with E-state index in [1.54, 1.807) is 30.3 Å². The first-order valence-electron chi connectivity index (χ1n) is 11.8. The molecule has 0 amide bonds. The van der Waals surface area contributed by atoms with Crippen LogP contribution in [-0.2, 0) is 30.9 Å². The summed E-state index contributed by atoms with van der Waals surface area (Å²) in [6, 6.07) is 12.0. The third-order valence-electron chi connectivity index (χ3n) is 5.10. The van der Waals surface area contributed by atoms with Crippen LogP contribution < -0.4 is 9.62 Å². The Labute approximate surface area is 215 Å². The Bertz CT molecular complexity index is 1060. The van der Waals surface area contributed by atoms with E-state index >= 15 is 0 Å². The van der Waals surface area contributed by atoms with Crippen LogP contribution in [0, 0.1) is 0 Å². The van der Waals surface area contributed by atoms with E-state index in [0.717, 1.165) is 43.2 Å². The highest BCUT2D eigenvalue weighted by molar-refractivity contribution is 5.87. The van der Waals surface area contributed by atoms with Gasteiger partial charge in [0.2, 0.25) is 0 Å². The van der Waals surface area contributed by atoms with E-state index in [-0.39, 0.29) is 22.8 Å². The number of carbonyl (C=O) groups excluding carboxylic acids is 2. The smallest absolute Gasteiger partial charge is 0.392 e. The average molecular weight is 517 g/mol. The van der Waals surface area contributed by atoms with Gasteiger partial charge in [0.1, 0.15) is 12.4 Å². The first kappa shape index (κ1) is 29.4. The number of benzene rings is 2. The molecule has 2 aromatic rings. The first-order chi connectivity index (χ1) is 17.9. The maximum absolute atomic E-state index is 11.9. The number of ether oxygens (including phenoxy) is 1. The summed E-state index contributed by atoms with van der Waals surface area (Å²) in [6.07, 6.45) is 5.23. The summed E-state index contributed by atoms with van der Waals surface area (Å²) in [5, 5.41) is 22.3. The van der Waals surface area contributed by atoms with Gasteiger partial charge in [-0.25, -0.2) is 9.68 Å². The maximum atomic E-state index is 11.9. The van der Waals surface area contributed by atoms with Crippen LogP contribution in [0.15, 0.2) is 67.0 Å². The Morgan fingerprint density at radius 3 is 2.38 bits per heavy atom. The Hall–Kier alpha value is -3.86. The Morgan fingerprint density at radius 2 is 1.65 bits per heavy atom. The zero-order valence-electron chi connectivity index (χ0n) is 20.8. The zero-order chi connectivity index (χ0) is 27.0. The minimum Gasteiger partial charge on any atom is -0.392 e. The highest BCUT2D eigenvalue weighted by Crippen LogP contribution is 2.32.